The minimum absolute atomic E-state index is 0. The summed E-state index contributed by atoms with van der Waals surface area (Å²) in [5, 5.41) is 13.8. The van der Waals surface area contributed by atoms with E-state index in [1.54, 1.807) is 37.4 Å². The van der Waals surface area contributed by atoms with Gasteiger partial charge in [-0.25, -0.2) is 4.39 Å². The van der Waals surface area contributed by atoms with Crippen LogP contribution in [-0.2, 0) is 22.6 Å². The summed E-state index contributed by atoms with van der Waals surface area (Å²) in [5.41, 5.74) is 8.61. The number of ether oxygens (including phenoxy) is 2. The molecule has 2 aromatic carbocycles. The number of nitrogen functional groups attached to an aromatic ring is 1. The summed E-state index contributed by atoms with van der Waals surface area (Å²) in [7, 11) is 1.44. The average molecular weight is 502 g/mol. The summed E-state index contributed by atoms with van der Waals surface area (Å²) in [5.74, 6) is -0.775. The molecule has 0 spiro atoms. The van der Waals surface area contributed by atoms with Gasteiger partial charge in [-0.3, -0.25) is 15.2 Å². The molecule has 8 nitrogen and oxygen atoms in total. The fourth-order valence-electron chi connectivity index (χ4n) is 3.35. The van der Waals surface area contributed by atoms with Crippen molar-refractivity contribution in [1.82, 2.24) is 10.3 Å². The van der Waals surface area contributed by atoms with Gasteiger partial charge in [0, 0.05) is 42.2 Å². The first-order chi connectivity index (χ1) is 16.4. The number of nitrogens with one attached hydrogen (secondary N) is 3. The van der Waals surface area contributed by atoms with E-state index in [-0.39, 0.29) is 37.0 Å². The fraction of sp³-hybridized carbons (Fsp3) is 0.240. The van der Waals surface area contributed by atoms with Crippen molar-refractivity contribution in [3.63, 3.8) is 0 Å². The molecule has 10 heteroatoms. The zero-order valence-corrected chi connectivity index (χ0v) is 20.3. The summed E-state index contributed by atoms with van der Waals surface area (Å²) in [4.78, 5) is 17.3. The number of halogens is 2. The van der Waals surface area contributed by atoms with Crippen LogP contribution < -0.4 is 21.1 Å². The van der Waals surface area contributed by atoms with Crippen molar-refractivity contribution in [2.24, 2.45) is 5.73 Å². The number of carbonyl (C=O) groups excluding carboxylic acids is 1. The zero-order valence-electron chi connectivity index (χ0n) is 19.5. The Hall–Kier alpha value is -3.69. The topological polar surface area (TPSA) is 122 Å². The Kier molecular flexibility index (Phi) is 10.4. The van der Waals surface area contributed by atoms with Crippen LogP contribution in [-0.4, -0.2) is 30.4 Å². The molecule has 3 aromatic rings. The third-order valence-electron chi connectivity index (χ3n) is 5.12. The Morgan fingerprint density at radius 3 is 2.60 bits per heavy atom. The van der Waals surface area contributed by atoms with Gasteiger partial charge in [0.15, 0.2) is 6.10 Å². The second-order valence-electron chi connectivity index (χ2n) is 7.40. The number of pyridine rings is 1. The smallest absolute Gasteiger partial charge is 0.254 e. The molecule has 1 amide bonds. The highest BCUT2D eigenvalue weighted by Crippen LogP contribution is 2.25. The molecule has 0 aliphatic heterocycles. The SMILES string of the molecule is CCO[C@@H](C(=O)NCc1ccc(C(=N)N)cc1NCc1ccccn1)c1ccc(OC)cc1F.Cl. The van der Waals surface area contributed by atoms with E-state index < -0.39 is 17.8 Å². The van der Waals surface area contributed by atoms with E-state index in [9.17, 15) is 9.18 Å². The van der Waals surface area contributed by atoms with Crippen LogP contribution >= 0.6 is 12.4 Å². The standard InChI is InChI=1S/C25H28FN5O3.ClH/c1-3-34-23(20-10-9-19(33-2)13-21(20)26)25(32)31-14-17-8-7-16(24(27)28)12-22(17)30-15-18-6-4-5-11-29-18;/h4-13,23,30H,3,14-15H2,1-2H3,(H3,27,28)(H,31,32);1H/t23-;/m1./s1. The van der Waals surface area contributed by atoms with Crippen molar-refractivity contribution >= 4 is 29.8 Å². The quantitative estimate of drug-likeness (QED) is 0.233. The van der Waals surface area contributed by atoms with Gasteiger partial charge < -0.3 is 25.8 Å². The lowest BCUT2D eigenvalue weighted by atomic mass is 10.1. The van der Waals surface area contributed by atoms with Gasteiger partial charge in [-0.1, -0.05) is 18.2 Å². The zero-order chi connectivity index (χ0) is 24.5. The van der Waals surface area contributed by atoms with Crippen LogP contribution in [0.3, 0.4) is 0 Å². The average Bonchev–Trinajstić information content (AvgIpc) is 2.85. The number of carbonyl (C=O) groups is 1. The second-order valence-corrected chi connectivity index (χ2v) is 7.40. The molecule has 1 heterocycles. The monoisotopic (exact) mass is 501 g/mol. The Labute approximate surface area is 210 Å². The van der Waals surface area contributed by atoms with Crippen molar-refractivity contribution < 1.29 is 18.7 Å². The third kappa shape index (κ3) is 7.40. The van der Waals surface area contributed by atoms with Gasteiger partial charge in [-0.05, 0) is 42.8 Å². The van der Waals surface area contributed by atoms with Crippen molar-refractivity contribution in [2.75, 3.05) is 19.0 Å². The molecular formula is C25H29ClFN5O3. The number of rotatable bonds is 11. The van der Waals surface area contributed by atoms with Crippen LogP contribution in [0.5, 0.6) is 5.75 Å². The Bertz CT molecular complexity index is 1150. The summed E-state index contributed by atoms with van der Waals surface area (Å²) in [6.45, 7) is 2.57. The molecule has 0 unspecified atom stereocenters. The molecule has 0 aliphatic rings. The van der Waals surface area contributed by atoms with E-state index in [1.807, 2.05) is 18.2 Å². The minimum Gasteiger partial charge on any atom is -0.497 e. The Morgan fingerprint density at radius 2 is 1.97 bits per heavy atom. The first kappa shape index (κ1) is 27.6. The van der Waals surface area contributed by atoms with Gasteiger partial charge in [0.05, 0.1) is 19.3 Å². The molecule has 0 saturated carbocycles. The summed E-state index contributed by atoms with van der Waals surface area (Å²) < 4.78 is 25.2. The van der Waals surface area contributed by atoms with E-state index in [2.05, 4.69) is 15.6 Å². The minimum atomic E-state index is -1.11. The number of hydrogen-bond donors (Lipinski definition) is 4. The van der Waals surface area contributed by atoms with Gasteiger partial charge in [-0.2, -0.15) is 0 Å². The lowest BCUT2D eigenvalue weighted by Crippen LogP contribution is -2.31. The molecular weight excluding hydrogens is 473 g/mol. The molecule has 0 saturated heterocycles. The molecule has 1 atom stereocenters. The summed E-state index contributed by atoms with van der Waals surface area (Å²) >= 11 is 0. The van der Waals surface area contributed by atoms with E-state index in [4.69, 9.17) is 20.6 Å². The number of hydrogen-bond acceptors (Lipinski definition) is 6. The van der Waals surface area contributed by atoms with Crippen LogP contribution in [0.25, 0.3) is 0 Å². The molecule has 0 fully saturated rings. The number of nitrogens with zero attached hydrogens (tertiary/aromatic N) is 1. The maximum absolute atomic E-state index is 14.6. The predicted molar refractivity (Wildman–Crippen MR) is 135 cm³/mol. The number of methoxy groups -OCH3 is 1. The normalized spacial score (nSPS) is 11.2. The maximum atomic E-state index is 14.6. The number of aromatic nitrogens is 1. The number of benzene rings is 2. The predicted octanol–water partition coefficient (Wildman–Crippen LogP) is 3.94. The first-order valence-electron chi connectivity index (χ1n) is 10.8. The maximum Gasteiger partial charge on any atom is 0.254 e. The first-order valence-corrected chi connectivity index (χ1v) is 10.8. The highest BCUT2D eigenvalue weighted by atomic mass is 35.5. The lowest BCUT2D eigenvalue weighted by Gasteiger charge is -2.19. The highest BCUT2D eigenvalue weighted by Gasteiger charge is 2.24. The van der Waals surface area contributed by atoms with Gasteiger partial charge in [0.1, 0.15) is 17.4 Å². The summed E-state index contributed by atoms with van der Waals surface area (Å²) in [6, 6.07) is 15.1. The van der Waals surface area contributed by atoms with Gasteiger partial charge in [-0.15, -0.1) is 12.4 Å². The summed E-state index contributed by atoms with van der Waals surface area (Å²) in [6.07, 6.45) is 0.591. The van der Waals surface area contributed by atoms with Crippen LogP contribution in [0.15, 0.2) is 60.8 Å². The van der Waals surface area contributed by atoms with Crippen molar-refractivity contribution in [2.45, 2.75) is 26.1 Å². The van der Waals surface area contributed by atoms with E-state index in [1.165, 1.54) is 19.2 Å². The lowest BCUT2D eigenvalue weighted by molar-refractivity contribution is -0.133. The van der Waals surface area contributed by atoms with E-state index in [0.29, 0.717) is 23.5 Å². The molecule has 35 heavy (non-hydrogen) atoms. The fourth-order valence-corrected chi connectivity index (χ4v) is 3.35. The van der Waals surface area contributed by atoms with E-state index in [0.717, 1.165) is 11.3 Å². The van der Waals surface area contributed by atoms with Gasteiger partial charge in [0.25, 0.3) is 5.91 Å². The van der Waals surface area contributed by atoms with Crippen LogP contribution in [0.4, 0.5) is 10.1 Å². The highest BCUT2D eigenvalue weighted by molar-refractivity contribution is 5.96. The molecule has 1 aromatic heterocycles. The Morgan fingerprint density at radius 1 is 1.17 bits per heavy atom. The molecule has 0 radical (unpaired) electrons. The second kappa shape index (κ2) is 13.3. The van der Waals surface area contributed by atoms with Gasteiger partial charge >= 0.3 is 0 Å². The molecule has 3 rings (SSSR count). The molecule has 186 valence electrons. The number of amidine groups is 1. The van der Waals surface area contributed by atoms with Crippen molar-refractivity contribution in [3.05, 3.63) is 89.0 Å². The number of amides is 1. The van der Waals surface area contributed by atoms with E-state index >= 15 is 0 Å². The van der Waals surface area contributed by atoms with Crippen LogP contribution in [0, 0.1) is 11.2 Å². The van der Waals surface area contributed by atoms with Crippen LogP contribution in [0.2, 0.25) is 0 Å². The molecule has 5 N–H and O–H groups in total. The Balaban J connectivity index is 0.00000432. The number of nitrogens with two attached hydrogens (primary N) is 1. The number of anilines is 1. The molecule has 0 bridgehead atoms. The van der Waals surface area contributed by atoms with Gasteiger partial charge in [0.2, 0.25) is 0 Å². The van der Waals surface area contributed by atoms with Crippen molar-refractivity contribution in [1.29, 1.82) is 5.41 Å². The van der Waals surface area contributed by atoms with Crippen LogP contribution in [0.1, 0.15) is 35.4 Å². The third-order valence-corrected chi connectivity index (χ3v) is 5.12. The molecule has 0 aliphatic carbocycles. The largest absolute Gasteiger partial charge is 0.497 e. The van der Waals surface area contributed by atoms with Crippen molar-refractivity contribution in [3.8, 4) is 5.75 Å².